The topological polar surface area (TPSA) is 72.7 Å². The highest BCUT2D eigenvalue weighted by Gasteiger charge is 2.20. The molecule has 6 nitrogen and oxygen atoms in total. The molecule has 1 amide bonds. The van der Waals surface area contributed by atoms with Crippen molar-refractivity contribution >= 4 is 46.7 Å². The van der Waals surface area contributed by atoms with Gasteiger partial charge in [0.05, 0.1) is 21.8 Å². The third kappa shape index (κ3) is 5.00. The van der Waals surface area contributed by atoms with Crippen LogP contribution in [-0.4, -0.2) is 30.9 Å². The quantitative estimate of drug-likeness (QED) is 0.594. The number of nitrogens with one attached hydrogen (secondary N) is 1. The first-order valence-electron chi connectivity index (χ1n) is 8.16. The van der Waals surface area contributed by atoms with Gasteiger partial charge in [-0.3, -0.25) is 4.79 Å². The maximum atomic E-state index is 12.5. The van der Waals surface area contributed by atoms with Gasteiger partial charge in [0.15, 0.2) is 11.0 Å². The highest BCUT2D eigenvalue weighted by Crippen LogP contribution is 2.26. The summed E-state index contributed by atoms with van der Waals surface area (Å²) in [4.78, 5) is 16.6. The van der Waals surface area contributed by atoms with Gasteiger partial charge in [0.2, 0.25) is 5.91 Å². The van der Waals surface area contributed by atoms with E-state index in [2.05, 4.69) is 20.5 Å². The van der Waals surface area contributed by atoms with Crippen LogP contribution in [-0.2, 0) is 11.3 Å². The molecular weight excluding hydrogens is 405 g/mol. The molecule has 0 aliphatic heterocycles. The fourth-order valence-electron chi connectivity index (χ4n) is 2.33. The van der Waals surface area contributed by atoms with Crippen molar-refractivity contribution in [2.75, 3.05) is 5.32 Å². The third-order valence-electron chi connectivity index (χ3n) is 3.79. The van der Waals surface area contributed by atoms with E-state index in [-0.39, 0.29) is 16.7 Å². The monoisotopic (exact) mass is 421 g/mol. The van der Waals surface area contributed by atoms with Crippen LogP contribution in [0.25, 0.3) is 0 Å². The minimum atomic E-state index is -0.420. The number of rotatable bonds is 6. The van der Waals surface area contributed by atoms with Crippen LogP contribution in [0.2, 0.25) is 10.0 Å². The van der Waals surface area contributed by atoms with Crippen LogP contribution >= 0.6 is 35.0 Å². The van der Waals surface area contributed by atoms with Gasteiger partial charge in [-0.05, 0) is 25.5 Å². The Balaban J connectivity index is 1.70. The zero-order valence-electron chi connectivity index (χ0n) is 14.7. The molecule has 0 fully saturated rings. The highest BCUT2D eigenvalue weighted by atomic mass is 35.5. The highest BCUT2D eigenvalue weighted by molar-refractivity contribution is 8.00. The van der Waals surface area contributed by atoms with Gasteiger partial charge in [0.25, 0.3) is 0 Å². The summed E-state index contributed by atoms with van der Waals surface area (Å²) in [5.41, 5.74) is 1.14. The molecule has 0 aliphatic carbocycles. The molecule has 0 spiro atoms. The standard InChI is InChI=1S/C18H17Cl2N5OS/c1-11(17(26)22-16-15(20)8-14(19)9-21-16)27-18-24-23-12(2)25(18)10-13-6-4-3-5-7-13/h3-9,11H,10H2,1-2H3,(H,21,22,26)/t11-/m0/s1. The summed E-state index contributed by atoms with van der Waals surface area (Å²) >= 11 is 13.2. The van der Waals surface area contributed by atoms with Gasteiger partial charge in [0, 0.05) is 6.20 Å². The number of aryl methyl sites for hydroxylation is 1. The number of anilines is 1. The summed E-state index contributed by atoms with van der Waals surface area (Å²) in [6.45, 7) is 4.32. The van der Waals surface area contributed by atoms with Gasteiger partial charge < -0.3 is 9.88 Å². The predicted molar refractivity (Wildman–Crippen MR) is 109 cm³/mol. The van der Waals surface area contributed by atoms with E-state index >= 15 is 0 Å². The van der Waals surface area contributed by atoms with E-state index in [1.165, 1.54) is 24.0 Å². The first-order chi connectivity index (χ1) is 12.9. The summed E-state index contributed by atoms with van der Waals surface area (Å²) in [6, 6.07) is 11.6. The molecule has 0 saturated heterocycles. The molecule has 0 unspecified atom stereocenters. The fourth-order valence-corrected chi connectivity index (χ4v) is 3.65. The van der Waals surface area contributed by atoms with Crippen LogP contribution < -0.4 is 5.32 Å². The lowest BCUT2D eigenvalue weighted by molar-refractivity contribution is -0.115. The van der Waals surface area contributed by atoms with E-state index in [1.54, 1.807) is 6.92 Å². The normalized spacial score (nSPS) is 12.0. The Morgan fingerprint density at radius 1 is 1.26 bits per heavy atom. The maximum Gasteiger partial charge on any atom is 0.238 e. The van der Waals surface area contributed by atoms with Crippen molar-refractivity contribution < 1.29 is 4.79 Å². The molecule has 3 rings (SSSR count). The summed E-state index contributed by atoms with van der Waals surface area (Å²) < 4.78 is 1.98. The number of benzene rings is 1. The van der Waals surface area contributed by atoms with Gasteiger partial charge in [-0.25, -0.2) is 4.98 Å². The van der Waals surface area contributed by atoms with E-state index < -0.39 is 5.25 Å². The lowest BCUT2D eigenvalue weighted by atomic mass is 10.2. The second-order valence-corrected chi connectivity index (χ2v) is 7.99. The van der Waals surface area contributed by atoms with E-state index in [0.29, 0.717) is 16.7 Å². The lowest BCUT2D eigenvalue weighted by Gasteiger charge is -2.13. The van der Waals surface area contributed by atoms with E-state index in [4.69, 9.17) is 23.2 Å². The van der Waals surface area contributed by atoms with Crippen LogP contribution in [0.1, 0.15) is 18.3 Å². The molecule has 27 heavy (non-hydrogen) atoms. The van der Waals surface area contributed by atoms with Crippen molar-refractivity contribution in [1.82, 2.24) is 19.7 Å². The summed E-state index contributed by atoms with van der Waals surface area (Å²) in [6.07, 6.45) is 1.43. The second-order valence-electron chi connectivity index (χ2n) is 5.83. The summed E-state index contributed by atoms with van der Waals surface area (Å²) in [5.74, 6) is 0.834. The predicted octanol–water partition coefficient (Wildman–Crippen LogP) is 4.46. The lowest BCUT2D eigenvalue weighted by Crippen LogP contribution is -2.23. The largest absolute Gasteiger partial charge is 0.308 e. The van der Waals surface area contributed by atoms with Gasteiger partial charge >= 0.3 is 0 Å². The Bertz CT molecular complexity index is 948. The molecular formula is C18H17Cl2N5OS. The molecule has 2 aromatic heterocycles. The number of thioether (sulfide) groups is 1. The van der Waals surface area contributed by atoms with Crippen molar-refractivity contribution in [3.63, 3.8) is 0 Å². The number of carbonyl (C=O) groups excluding carboxylic acids is 1. The van der Waals surface area contributed by atoms with Gasteiger partial charge in [-0.2, -0.15) is 0 Å². The smallest absolute Gasteiger partial charge is 0.238 e. The zero-order valence-corrected chi connectivity index (χ0v) is 17.0. The summed E-state index contributed by atoms with van der Waals surface area (Å²) in [7, 11) is 0. The van der Waals surface area contributed by atoms with E-state index in [0.717, 1.165) is 11.4 Å². The Kier molecular flexibility index (Phi) is 6.36. The Morgan fingerprint density at radius 2 is 2.00 bits per heavy atom. The van der Waals surface area contributed by atoms with Crippen LogP contribution in [0.3, 0.4) is 0 Å². The van der Waals surface area contributed by atoms with Crippen LogP contribution in [0, 0.1) is 6.92 Å². The number of aromatic nitrogens is 4. The molecule has 0 saturated carbocycles. The molecule has 140 valence electrons. The molecule has 1 N–H and O–H groups in total. The number of pyridine rings is 1. The molecule has 3 aromatic rings. The Morgan fingerprint density at radius 3 is 2.70 bits per heavy atom. The van der Waals surface area contributed by atoms with Crippen molar-refractivity contribution in [3.8, 4) is 0 Å². The zero-order chi connectivity index (χ0) is 19.4. The van der Waals surface area contributed by atoms with Crippen LogP contribution in [0.4, 0.5) is 5.82 Å². The number of nitrogens with zero attached hydrogens (tertiary/aromatic N) is 4. The third-order valence-corrected chi connectivity index (χ3v) is 5.36. The average molecular weight is 422 g/mol. The summed E-state index contributed by atoms with van der Waals surface area (Å²) in [5, 5.41) is 12.0. The first kappa shape index (κ1) is 19.7. The van der Waals surface area contributed by atoms with Crippen molar-refractivity contribution in [3.05, 3.63) is 64.0 Å². The molecule has 0 bridgehead atoms. The second kappa shape index (κ2) is 8.73. The van der Waals surface area contributed by atoms with Crippen molar-refractivity contribution in [2.45, 2.75) is 30.8 Å². The molecule has 1 aromatic carbocycles. The van der Waals surface area contributed by atoms with E-state index in [1.807, 2.05) is 41.8 Å². The number of hydrogen-bond acceptors (Lipinski definition) is 5. The van der Waals surface area contributed by atoms with Crippen LogP contribution in [0.15, 0.2) is 47.8 Å². The fraction of sp³-hybridized carbons (Fsp3) is 0.222. The molecule has 9 heteroatoms. The maximum absolute atomic E-state index is 12.5. The minimum absolute atomic E-state index is 0.233. The van der Waals surface area contributed by atoms with Gasteiger partial charge in [-0.1, -0.05) is 65.3 Å². The van der Waals surface area contributed by atoms with E-state index in [9.17, 15) is 4.79 Å². The SMILES string of the molecule is Cc1nnc(S[C@@H](C)C(=O)Nc2ncc(Cl)cc2Cl)n1Cc1ccccc1. The average Bonchev–Trinajstić information content (AvgIpc) is 2.98. The number of halogens is 2. The Labute approximate surface area is 171 Å². The molecule has 2 heterocycles. The van der Waals surface area contributed by atoms with Gasteiger partial charge in [0.1, 0.15) is 5.82 Å². The van der Waals surface area contributed by atoms with Crippen molar-refractivity contribution in [2.24, 2.45) is 0 Å². The first-order valence-corrected chi connectivity index (χ1v) is 9.80. The van der Waals surface area contributed by atoms with Crippen molar-refractivity contribution in [1.29, 1.82) is 0 Å². The van der Waals surface area contributed by atoms with Gasteiger partial charge in [-0.15, -0.1) is 10.2 Å². The molecule has 0 aliphatic rings. The minimum Gasteiger partial charge on any atom is -0.308 e. The Hall–Kier alpha value is -2.09. The molecule has 0 radical (unpaired) electrons. The molecule has 1 atom stereocenters. The van der Waals surface area contributed by atoms with Crippen LogP contribution in [0.5, 0.6) is 0 Å². The number of carbonyl (C=O) groups is 1. The number of hydrogen-bond donors (Lipinski definition) is 1. The number of amides is 1.